The lowest BCUT2D eigenvalue weighted by atomic mass is 10.1. The van der Waals surface area contributed by atoms with Crippen molar-refractivity contribution in [2.75, 3.05) is 32.1 Å². The predicted octanol–water partition coefficient (Wildman–Crippen LogP) is 3.45. The summed E-state index contributed by atoms with van der Waals surface area (Å²) in [5, 5.41) is 14.5. The number of aromatic amines is 1. The van der Waals surface area contributed by atoms with E-state index in [1.807, 2.05) is 37.5 Å². The summed E-state index contributed by atoms with van der Waals surface area (Å²) in [6.07, 6.45) is 5.29. The van der Waals surface area contributed by atoms with E-state index in [9.17, 15) is 9.90 Å². The Bertz CT molecular complexity index is 1190. The average Bonchev–Trinajstić information content (AvgIpc) is 3.11. The number of carboxylic acids is 1. The number of nitrogens with one attached hydrogen (secondary N) is 2. The number of carbonyl (C=O) groups is 1. The zero-order valence-electron chi connectivity index (χ0n) is 17.1. The van der Waals surface area contributed by atoms with Crippen LogP contribution < -0.4 is 10.2 Å². The molecule has 0 aliphatic carbocycles. The van der Waals surface area contributed by atoms with Crippen LogP contribution in [0.1, 0.15) is 28.0 Å². The molecule has 0 fully saturated rings. The maximum atomic E-state index is 11.4. The molecule has 0 aliphatic heterocycles. The Morgan fingerprint density at radius 2 is 2.10 bits per heavy atom. The third-order valence-electron chi connectivity index (χ3n) is 5.25. The molecule has 0 saturated carbocycles. The van der Waals surface area contributed by atoms with Crippen molar-refractivity contribution in [3.8, 4) is 0 Å². The van der Waals surface area contributed by atoms with Gasteiger partial charge in [0.1, 0.15) is 5.82 Å². The molecule has 1 aromatic carbocycles. The largest absolute Gasteiger partial charge is 0.478 e. The first-order valence-corrected chi connectivity index (χ1v) is 10.00. The highest BCUT2D eigenvalue weighted by molar-refractivity contribution is 6.13. The Morgan fingerprint density at radius 1 is 1.23 bits per heavy atom. The lowest BCUT2D eigenvalue weighted by Crippen LogP contribution is -2.23. The highest BCUT2D eigenvalue weighted by Crippen LogP contribution is 2.33. The summed E-state index contributed by atoms with van der Waals surface area (Å²) in [6.45, 7) is 1.79. The summed E-state index contributed by atoms with van der Waals surface area (Å²) in [7, 11) is 4.00. The number of nitrogens with zero attached hydrogens (tertiary/aromatic N) is 3. The topological polar surface area (TPSA) is 94.1 Å². The fourth-order valence-corrected chi connectivity index (χ4v) is 3.77. The van der Waals surface area contributed by atoms with Gasteiger partial charge >= 0.3 is 5.97 Å². The minimum atomic E-state index is -0.935. The second kappa shape index (κ2) is 8.51. The fraction of sp³-hybridized carbons (Fsp3) is 0.261. The first kappa shape index (κ1) is 19.8. The first-order chi connectivity index (χ1) is 14.6. The van der Waals surface area contributed by atoms with Crippen molar-refractivity contribution in [2.24, 2.45) is 0 Å². The molecule has 0 spiro atoms. The molecule has 0 bridgehead atoms. The summed E-state index contributed by atoms with van der Waals surface area (Å²) >= 11 is 0. The lowest BCUT2D eigenvalue weighted by molar-refractivity contribution is 0.0697. The van der Waals surface area contributed by atoms with Gasteiger partial charge in [-0.2, -0.15) is 0 Å². The number of aromatic nitrogens is 3. The van der Waals surface area contributed by atoms with Gasteiger partial charge in [-0.05, 0) is 49.8 Å². The van der Waals surface area contributed by atoms with Crippen LogP contribution in [0.15, 0.2) is 48.8 Å². The SMILES string of the molecule is CNCCCN(C)c1nc(Cc2cccnc2)cc2[nH]c3cc(C(=O)O)ccc3c12. The second-order valence-corrected chi connectivity index (χ2v) is 7.47. The van der Waals surface area contributed by atoms with Crippen molar-refractivity contribution in [3.05, 3.63) is 65.6 Å². The Morgan fingerprint density at radius 3 is 2.83 bits per heavy atom. The van der Waals surface area contributed by atoms with Crippen LogP contribution in [0.2, 0.25) is 0 Å². The molecule has 3 N–H and O–H groups in total. The van der Waals surface area contributed by atoms with E-state index in [4.69, 9.17) is 4.98 Å². The van der Waals surface area contributed by atoms with E-state index < -0.39 is 5.97 Å². The van der Waals surface area contributed by atoms with Crippen molar-refractivity contribution in [1.82, 2.24) is 20.3 Å². The molecular formula is C23H25N5O2. The van der Waals surface area contributed by atoms with Gasteiger partial charge in [0.25, 0.3) is 0 Å². The maximum absolute atomic E-state index is 11.4. The van der Waals surface area contributed by atoms with Gasteiger partial charge in [-0.15, -0.1) is 0 Å². The minimum absolute atomic E-state index is 0.265. The molecule has 0 unspecified atom stereocenters. The molecular weight excluding hydrogens is 378 g/mol. The number of carboxylic acid groups (broad SMARTS) is 1. The molecule has 0 saturated heterocycles. The first-order valence-electron chi connectivity index (χ1n) is 10.00. The molecule has 30 heavy (non-hydrogen) atoms. The van der Waals surface area contributed by atoms with Gasteiger partial charge in [0, 0.05) is 54.4 Å². The van der Waals surface area contributed by atoms with Gasteiger partial charge in [-0.25, -0.2) is 9.78 Å². The number of H-pyrrole nitrogens is 1. The molecule has 4 rings (SSSR count). The molecule has 0 atom stereocenters. The average molecular weight is 403 g/mol. The van der Waals surface area contributed by atoms with Crippen molar-refractivity contribution in [1.29, 1.82) is 0 Å². The van der Waals surface area contributed by atoms with E-state index in [-0.39, 0.29) is 5.56 Å². The number of benzene rings is 1. The van der Waals surface area contributed by atoms with E-state index in [1.54, 1.807) is 18.3 Å². The van der Waals surface area contributed by atoms with Crippen LogP contribution in [0.25, 0.3) is 21.8 Å². The third kappa shape index (κ3) is 3.97. The smallest absolute Gasteiger partial charge is 0.335 e. The Balaban J connectivity index is 1.84. The van der Waals surface area contributed by atoms with Crippen molar-refractivity contribution in [3.63, 3.8) is 0 Å². The van der Waals surface area contributed by atoms with Gasteiger partial charge in [0.15, 0.2) is 0 Å². The second-order valence-electron chi connectivity index (χ2n) is 7.47. The van der Waals surface area contributed by atoms with Gasteiger partial charge < -0.3 is 20.3 Å². The monoisotopic (exact) mass is 403 g/mol. The van der Waals surface area contributed by atoms with Gasteiger partial charge in [0.05, 0.1) is 11.1 Å². The van der Waals surface area contributed by atoms with E-state index >= 15 is 0 Å². The fourth-order valence-electron chi connectivity index (χ4n) is 3.77. The number of aromatic carboxylic acids is 1. The number of anilines is 1. The van der Waals surface area contributed by atoms with Crippen molar-refractivity contribution < 1.29 is 9.90 Å². The molecule has 0 aliphatic rings. The third-order valence-corrected chi connectivity index (χ3v) is 5.25. The standard InChI is InChI=1S/C23H25N5O2/c1-24-8-4-10-28(2)22-21-18-7-6-16(23(29)30)12-19(18)27-20(21)13-17(26-22)11-15-5-3-9-25-14-15/h3,5-7,9,12-14,24,27H,4,8,10-11H2,1-2H3,(H,29,30). The number of hydrogen-bond donors (Lipinski definition) is 3. The van der Waals surface area contributed by atoms with Gasteiger partial charge in [0.2, 0.25) is 0 Å². The number of pyridine rings is 2. The van der Waals surface area contributed by atoms with E-state index in [1.165, 1.54) is 0 Å². The Labute approximate surface area is 174 Å². The van der Waals surface area contributed by atoms with Crippen LogP contribution in [0.5, 0.6) is 0 Å². The summed E-state index contributed by atoms with van der Waals surface area (Å²) < 4.78 is 0. The van der Waals surface area contributed by atoms with Crippen LogP contribution in [0.4, 0.5) is 5.82 Å². The van der Waals surface area contributed by atoms with Crippen LogP contribution in [0, 0.1) is 0 Å². The molecule has 3 aromatic heterocycles. The predicted molar refractivity (Wildman–Crippen MR) is 119 cm³/mol. The summed E-state index contributed by atoms with van der Waals surface area (Å²) in [5.74, 6) is -0.0350. The molecule has 7 heteroatoms. The minimum Gasteiger partial charge on any atom is -0.478 e. The zero-order chi connectivity index (χ0) is 21.1. The number of fused-ring (bicyclic) bond motifs is 3. The molecule has 0 amide bonds. The zero-order valence-corrected chi connectivity index (χ0v) is 17.1. The molecule has 4 aromatic rings. The van der Waals surface area contributed by atoms with Gasteiger partial charge in [-0.3, -0.25) is 4.98 Å². The molecule has 154 valence electrons. The van der Waals surface area contributed by atoms with E-state index in [2.05, 4.69) is 27.2 Å². The maximum Gasteiger partial charge on any atom is 0.335 e. The van der Waals surface area contributed by atoms with Crippen LogP contribution >= 0.6 is 0 Å². The molecule has 0 radical (unpaired) electrons. The Hall–Kier alpha value is -3.45. The quantitative estimate of drug-likeness (QED) is 0.390. The summed E-state index contributed by atoms with van der Waals surface area (Å²) in [5.41, 5.74) is 4.06. The highest BCUT2D eigenvalue weighted by Gasteiger charge is 2.17. The van der Waals surface area contributed by atoms with Crippen LogP contribution in [0.3, 0.4) is 0 Å². The highest BCUT2D eigenvalue weighted by atomic mass is 16.4. The Kier molecular flexibility index (Phi) is 5.63. The number of hydrogen-bond acceptors (Lipinski definition) is 5. The van der Waals surface area contributed by atoms with Gasteiger partial charge in [-0.1, -0.05) is 12.1 Å². The molecule has 7 nitrogen and oxygen atoms in total. The summed E-state index contributed by atoms with van der Waals surface area (Å²) in [4.78, 5) is 26.2. The van der Waals surface area contributed by atoms with E-state index in [0.29, 0.717) is 6.42 Å². The van der Waals surface area contributed by atoms with Crippen LogP contribution in [-0.2, 0) is 6.42 Å². The molecule has 3 heterocycles. The normalized spacial score (nSPS) is 11.3. The van der Waals surface area contributed by atoms with Crippen molar-refractivity contribution >= 4 is 33.6 Å². The number of rotatable bonds is 8. The van der Waals surface area contributed by atoms with Crippen LogP contribution in [-0.4, -0.2) is 53.2 Å². The summed E-state index contributed by atoms with van der Waals surface area (Å²) in [6, 6.07) is 11.2. The lowest BCUT2D eigenvalue weighted by Gasteiger charge is -2.20. The van der Waals surface area contributed by atoms with Crippen molar-refractivity contribution in [2.45, 2.75) is 12.8 Å². The van der Waals surface area contributed by atoms with E-state index in [0.717, 1.165) is 58.4 Å².